The van der Waals surface area contributed by atoms with Gasteiger partial charge in [-0.2, -0.15) is 0 Å². The molecule has 0 aliphatic heterocycles. The normalized spacial score (nSPS) is 10.1. The summed E-state index contributed by atoms with van der Waals surface area (Å²) in [6.45, 7) is 0.442. The SMILES string of the molecule is C#CCOc1ccc(-c2ccc(OCC#C)c(-c3ccccc3)c2)cc1-c1ccccc1. The third-order valence-electron chi connectivity index (χ3n) is 5.08. The fourth-order valence-corrected chi connectivity index (χ4v) is 3.60. The van der Waals surface area contributed by atoms with Gasteiger partial charge in [0.15, 0.2) is 0 Å². The summed E-state index contributed by atoms with van der Waals surface area (Å²) >= 11 is 0. The molecular formula is C30H22O2. The highest BCUT2D eigenvalue weighted by atomic mass is 16.5. The minimum atomic E-state index is 0.221. The molecule has 0 saturated heterocycles. The molecule has 0 radical (unpaired) electrons. The van der Waals surface area contributed by atoms with Gasteiger partial charge in [-0.3, -0.25) is 0 Å². The lowest BCUT2D eigenvalue weighted by molar-refractivity contribution is 0.371. The van der Waals surface area contributed by atoms with Crippen molar-refractivity contribution < 1.29 is 9.47 Å². The summed E-state index contributed by atoms with van der Waals surface area (Å²) in [7, 11) is 0. The van der Waals surface area contributed by atoms with Gasteiger partial charge in [0, 0.05) is 11.1 Å². The molecule has 0 spiro atoms. The molecule has 2 nitrogen and oxygen atoms in total. The van der Waals surface area contributed by atoms with E-state index in [1.807, 2.05) is 60.7 Å². The molecule has 0 aliphatic carbocycles. The zero-order valence-electron chi connectivity index (χ0n) is 17.6. The Bertz CT molecular complexity index is 1170. The first kappa shape index (κ1) is 20.9. The highest BCUT2D eigenvalue weighted by Crippen LogP contribution is 2.38. The second kappa shape index (κ2) is 10.1. The first-order valence-corrected chi connectivity index (χ1v) is 10.3. The summed E-state index contributed by atoms with van der Waals surface area (Å²) in [5, 5.41) is 0. The Kier molecular flexibility index (Phi) is 6.57. The number of hydrogen-bond acceptors (Lipinski definition) is 2. The quantitative estimate of drug-likeness (QED) is 0.313. The van der Waals surface area contributed by atoms with Crippen molar-refractivity contribution in [2.75, 3.05) is 13.2 Å². The molecule has 0 heterocycles. The predicted octanol–water partition coefficient (Wildman–Crippen LogP) is 6.71. The van der Waals surface area contributed by atoms with Crippen LogP contribution in [0.25, 0.3) is 33.4 Å². The van der Waals surface area contributed by atoms with Crippen LogP contribution in [0, 0.1) is 24.7 Å². The van der Waals surface area contributed by atoms with Gasteiger partial charge in [-0.05, 0) is 46.5 Å². The molecule has 2 heteroatoms. The molecule has 4 rings (SSSR count). The number of hydrogen-bond donors (Lipinski definition) is 0. The molecule has 0 fully saturated rings. The second-order valence-electron chi connectivity index (χ2n) is 7.14. The Hall–Kier alpha value is -4.40. The van der Waals surface area contributed by atoms with Crippen molar-refractivity contribution in [2.45, 2.75) is 0 Å². The smallest absolute Gasteiger partial charge is 0.148 e. The van der Waals surface area contributed by atoms with Gasteiger partial charge in [0.1, 0.15) is 24.7 Å². The van der Waals surface area contributed by atoms with E-state index >= 15 is 0 Å². The third-order valence-corrected chi connectivity index (χ3v) is 5.08. The molecule has 0 unspecified atom stereocenters. The number of benzene rings is 4. The van der Waals surface area contributed by atoms with Gasteiger partial charge in [-0.15, -0.1) is 12.8 Å². The summed E-state index contributed by atoms with van der Waals surface area (Å²) < 4.78 is 11.6. The molecule has 0 bridgehead atoms. The lowest BCUT2D eigenvalue weighted by Crippen LogP contribution is -1.97. The van der Waals surface area contributed by atoms with Gasteiger partial charge in [-0.1, -0.05) is 84.6 Å². The largest absolute Gasteiger partial charge is 0.480 e. The summed E-state index contributed by atoms with van der Waals surface area (Å²) in [5.74, 6) is 6.60. The zero-order valence-corrected chi connectivity index (χ0v) is 17.6. The van der Waals surface area contributed by atoms with Crippen molar-refractivity contribution in [3.8, 4) is 69.6 Å². The van der Waals surface area contributed by atoms with Crippen molar-refractivity contribution in [2.24, 2.45) is 0 Å². The second-order valence-corrected chi connectivity index (χ2v) is 7.14. The molecule has 4 aromatic carbocycles. The zero-order chi connectivity index (χ0) is 22.2. The van der Waals surface area contributed by atoms with Gasteiger partial charge in [0.25, 0.3) is 0 Å². The van der Waals surface area contributed by atoms with E-state index in [2.05, 4.69) is 48.2 Å². The van der Waals surface area contributed by atoms with Crippen LogP contribution in [0.1, 0.15) is 0 Å². The van der Waals surface area contributed by atoms with E-state index in [1.165, 1.54) is 0 Å². The van der Waals surface area contributed by atoms with E-state index in [-0.39, 0.29) is 13.2 Å². The van der Waals surface area contributed by atoms with E-state index < -0.39 is 0 Å². The predicted molar refractivity (Wildman–Crippen MR) is 131 cm³/mol. The van der Waals surface area contributed by atoms with Crippen LogP contribution in [0.5, 0.6) is 11.5 Å². The Balaban J connectivity index is 1.81. The number of ether oxygens (including phenoxy) is 2. The molecule has 32 heavy (non-hydrogen) atoms. The Morgan fingerprint density at radius 1 is 0.500 bits per heavy atom. The highest BCUT2D eigenvalue weighted by molar-refractivity contribution is 5.81. The van der Waals surface area contributed by atoms with Crippen molar-refractivity contribution >= 4 is 0 Å². The van der Waals surface area contributed by atoms with Crippen LogP contribution in [0.3, 0.4) is 0 Å². The Morgan fingerprint density at radius 2 is 0.906 bits per heavy atom. The van der Waals surface area contributed by atoms with E-state index in [0.29, 0.717) is 0 Å². The maximum absolute atomic E-state index is 5.81. The van der Waals surface area contributed by atoms with E-state index in [9.17, 15) is 0 Å². The lowest BCUT2D eigenvalue weighted by Gasteiger charge is -2.15. The van der Waals surface area contributed by atoms with Crippen LogP contribution in [0.15, 0.2) is 97.1 Å². The summed E-state index contributed by atoms with van der Waals surface area (Å²) in [6, 6.07) is 32.6. The summed E-state index contributed by atoms with van der Waals surface area (Å²) in [5.41, 5.74) is 6.26. The van der Waals surface area contributed by atoms with Crippen LogP contribution in [0.4, 0.5) is 0 Å². The van der Waals surface area contributed by atoms with Gasteiger partial charge >= 0.3 is 0 Å². The molecule has 0 aliphatic rings. The first-order valence-electron chi connectivity index (χ1n) is 10.3. The molecule has 0 amide bonds. The van der Waals surface area contributed by atoms with Gasteiger partial charge in [0.05, 0.1) is 0 Å². The van der Waals surface area contributed by atoms with Crippen LogP contribution in [-0.2, 0) is 0 Å². The minimum absolute atomic E-state index is 0.221. The van der Waals surface area contributed by atoms with Crippen molar-refractivity contribution in [3.63, 3.8) is 0 Å². The van der Waals surface area contributed by atoms with Gasteiger partial charge in [0.2, 0.25) is 0 Å². The molecule has 0 saturated carbocycles. The number of terminal acetylenes is 2. The number of rotatable bonds is 7. The van der Waals surface area contributed by atoms with Gasteiger partial charge < -0.3 is 9.47 Å². The van der Waals surface area contributed by atoms with Crippen LogP contribution >= 0.6 is 0 Å². The molecule has 0 N–H and O–H groups in total. The average molecular weight is 415 g/mol. The molecular weight excluding hydrogens is 392 g/mol. The van der Waals surface area contributed by atoms with Crippen LogP contribution < -0.4 is 9.47 Å². The average Bonchev–Trinajstić information content (AvgIpc) is 2.87. The molecule has 0 atom stereocenters. The minimum Gasteiger partial charge on any atom is -0.480 e. The molecule has 154 valence electrons. The van der Waals surface area contributed by atoms with Gasteiger partial charge in [-0.25, -0.2) is 0 Å². The Labute approximate surface area is 189 Å². The molecule has 0 aromatic heterocycles. The topological polar surface area (TPSA) is 18.5 Å². The van der Waals surface area contributed by atoms with Crippen LogP contribution in [0.2, 0.25) is 0 Å². The monoisotopic (exact) mass is 414 g/mol. The van der Waals surface area contributed by atoms with E-state index in [1.54, 1.807) is 0 Å². The maximum Gasteiger partial charge on any atom is 0.148 e. The fourth-order valence-electron chi connectivity index (χ4n) is 3.60. The van der Waals surface area contributed by atoms with Crippen molar-refractivity contribution in [1.29, 1.82) is 0 Å². The van der Waals surface area contributed by atoms with E-state index in [4.69, 9.17) is 22.3 Å². The lowest BCUT2D eigenvalue weighted by atomic mass is 9.95. The van der Waals surface area contributed by atoms with E-state index in [0.717, 1.165) is 44.9 Å². The summed E-state index contributed by atoms with van der Waals surface area (Å²) in [4.78, 5) is 0. The third kappa shape index (κ3) is 4.67. The highest BCUT2D eigenvalue weighted by Gasteiger charge is 2.12. The maximum atomic E-state index is 5.81. The van der Waals surface area contributed by atoms with Crippen molar-refractivity contribution in [3.05, 3.63) is 97.1 Å². The standard InChI is InChI=1S/C30H22O2/c1-3-19-31-29-17-15-25(21-27(29)23-11-7-5-8-12-23)26-16-18-30(32-20-4-2)28(22-26)24-13-9-6-10-14-24/h1-2,5-18,21-22H,19-20H2. The van der Waals surface area contributed by atoms with Crippen LogP contribution in [-0.4, -0.2) is 13.2 Å². The first-order chi connectivity index (χ1) is 15.8. The summed E-state index contributed by atoms with van der Waals surface area (Å²) in [6.07, 6.45) is 10.8. The Morgan fingerprint density at radius 3 is 1.28 bits per heavy atom. The molecule has 4 aromatic rings. The van der Waals surface area contributed by atoms with Crippen molar-refractivity contribution in [1.82, 2.24) is 0 Å². The fraction of sp³-hybridized carbons (Fsp3) is 0.0667.